The Labute approximate surface area is 166 Å². The minimum atomic E-state index is -0.115. The molecule has 1 atom stereocenters. The van der Waals surface area contributed by atoms with Crippen LogP contribution in [0.3, 0.4) is 0 Å². The highest BCUT2D eigenvalue weighted by atomic mass is 16.6. The summed E-state index contributed by atoms with van der Waals surface area (Å²) in [6.45, 7) is 1.86. The van der Waals surface area contributed by atoms with Crippen LogP contribution in [-0.2, 0) is 9.59 Å². The molecule has 4 rings (SSSR count). The number of benzene rings is 1. The number of likely N-dealkylation sites (tertiary alicyclic amines) is 1. The first-order valence-electron chi connectivity index (χ1n) is 10.5. The zero-order chi connectivity index (χ0) is 19.6. The van der Waals surface area contributed by atoms with Gasteiger partial charge in [-0.25, -0.2) is 0 Å². The first-order valence-corrected chi connectivity index (χ1v) is 10.5. The predicted octanol–water partition coefficient (Wildman–Crippen LogP) is 3.21. The molecule has 1 aliphatic carbocycles. The first kappa shape index (κ1) is 19.2. The topological polar surface area (TPSA) is 59.1 Å². The lowest BCUT2D eigenvalue weighted by Gasteiger charge is -2.37. The SMILES string of the molecule is CN(CCCCN1C(=O)CC2(CCCC2)CC1=O)[C@@H]1COc2ccccc2O1. The summed E-state index contributed by atoms with van der Waals surface area (Å²) in [5, 5.41) is 0. The zero-order valence-corrected chi connectivity index (χ0v) is 16.7. The van der Waals surface area contributed by atoms with Crippen molar-refractivity contribution in [3.63, 3.8) is 0 Å². The van der Waals surface area contributed by atoms with Gasteiger partial charge in [0.2, 0.25) is 11.8 Å². The van der Waals surface area contributed by atoms with E-state index in [1.807, 2.05) is 31.3 Å². The number of carbonyl (C=O) groups excluding carboxylic acids is 2. The van der Waals surface area contributed by atoms with Crippen LogP contribution in [0.5, 0.6) is 11.5 Å². The van der Waals surface area contributed by atoms with Crippen molar-refractivity contribution in [1.82, 2.24) is 9.80 Å². The largest absolute Gasteiger partial charge is 0.484 e. The van der Waals surface area contributed by atoms with Crippen molar-refractivity contribution in [2.24, 2.45) is 5.41 Å². The molecule has 0 aromatic heterocycles. The van der Waals surface area contributed by atoms with Gasteiger partial charge in [0, 0.05) is 25.9 Å². The van der Waals surface area contributed by atoms with E-state index in [2.05, 4.69) is 4.90 Å². The van der Waals surface area contributed by atoms with E-state index in [1.54, 1.807) is 0 Å². The molecule has 6 heteroatoms. The van der Waals surface area contributed by atoms with Crippen LogP contribution in [0, 0.1) is 5.41 Å². The number of ether oxygens (including phenoxy) is 2. The minimum Gasteiger partial charge on any atom is -0.484 e. The second-order valence-corrected chi connectivity index (χ2v) is 8.52. The van der Waals surface area contributed by atoms with E-state index in [1.165, 1.54) is 4.90 Å². The van der Waals surface area contributed by atoms with Crippen LogP contribution in [-0.4, -0.2) is 54.6 Å². The number of hydrogen-bond donors (Lipinski definition) is 0. The van der Waals surface area contributed by atoms with Crippen LogP contribution in [0.1, 0.15) is 51.4 Å². The molecule has 1 spiro atoms. The summed E-state index contributed by atoms with van der Waals surface area (Å²) in [5.74, 6) is 1.63. The summed E-state index contributed by atoms with van der Waals surface area (Å²) in [4.78, 5) is 28.7. The Morgan fingerprint density at radius 1 is 1.07 bits per heavy atom. The van der Waals surface area contributed by atoms with E-state index in [0.717, 1.165) is 56.6 Å². The number of unbranched alkanes of at least 4 members (excludes halogenated alkanes) is 1. The quantitative estimate of drug-likeness (QED) is 0.555. The van der Waals surface area contributed by atoms with E-state index in [9.17, 15) is 9.59 Å². The van der Waals surface area contributed by atoms with E-state index in [4.69, 9.17) is 9.47 Å². The molecule has 2 heterocycles. The van der Waals surface area contributed by atoms with Gasteiger partial charge in [0.05, 0.1) is 0 Å². The number of para-hydroxylation sites is 2. The fourth-order valence-corrected chi connectivity index (χ4v) is 4.76. The van der Waals surface area contributed by atoms with E-state index in [0.29, 0.717) is 26.0 Å². The molecule has 152 valence electrons. The Morgan fingerprint density at radius 3 is 2.46 bits per heavy atom. The van der Waals surface area contributed by atoms with E-state index < -0.39 is 0 Å². The standard InChI is InChI=1S/C22H30N2O4/c1-23(21-16-27-17-8-2-3-9-18(17)28-21)12-6-7-13-24-19(25)14-22(15-20(24)26)10-4-5-11-22/h2-3,8-9,21H,4-7,10-16H2,1H3/t21-/m0/s1. The number of likely N-dealkylation sites (N-methyl/N-ethyl adjacent to an activating group) is 1. The van der Waals surface area contributed by atoms with Gasteiger partial charge in [0.25, 0.3) is 0 Å². The molecule has 1 aromatic rings. The average molecular weight is 386 g/mol. The Balaban J connectivity index is 1.21. The van der Waals surface area contributed by atoms with Crippen molar-refractivity contribution in [2.75, 3.05) is 26.7 Å². The van der Waals surface area contributed by atoms with Gasteiger partial charge in [-0.3, -0.25) is 19.4 Å². The summed E-state index contributed by atoms with van der Waals surface area (Å²) in [6, 6.07) is 7.70. The highest BCUT2D eigenvalue weighted by Gasteiger charge is 2.44. The van der Waals surface area contributed by atoms with Crippen LogP contribution in [0.25, 0.3) is 0 Å². The van der Waals surface area contributed by atoms with Gasteiger partial charge in [-0.2, -0.15) is 0 Å². The van der Waals surface area contributed by atoms with Crippen LogP contribution in [0.4, 0.5) is 0 Å². The molecule has 2 aliphatic heterocycles. The molecule has 1 saturated carbocycles. The van der Waals surface area contributed by atoms with Crippen molar-refractivity contribution in [1.29, 1.82) is 0 Å². The summed E-state index contributed by atoms with van der Waals surface area (Å²) in [5.41, 5.74) is -0.0144. The molecule has 0 unspecified atom stereocenters. The highest BCUT2D eigenvalue weighted by Crippen LogP contribution is 2.46. The third-order valence-electron chi connectivity index (χ3n) is 6.45. The smallest absolute Gasteiger partial charge is 0.229 e. The predicted molar refractivity (Wildman–Crippen MR) is 105 cm³/mol. The van der Waals surface area contributed by atoms with Crippen LogP contribution < -0.4 is 9.47 Å². The van der Waals surface area contributed by atoms with Gasteiger partial charge in [-0.15, -0.1) is 0 Å². The van der Waals surface area contributed by atoms with Crippen molar-refractivity contribution < 1.29 is 19.1 Å². The van der Waals surface area contributed by atoms with Gasteiger partial charge in [0.15, 0.2) is 17.7 Å². The monoisotopic (exact) mass is 386 g/mol. The van der Waals surface area contributed by atoms with Gasteiger partial charge in [-0.1, -0.05) is 25.0 Å². The third kappa shape index (κ3) is 4.02. The maximum atomic E-state index is 12.5. The summed E-state index contributed by atoms with van der Waals surface area (Å²) in [7, 11) is 2.02. The lowest BCUT2D eigenvalue weighted by molar-refractivity contribution is -0.153. The fourth-order valence-electron chi connectivity index (χ4n) is 4.76. The molecule has 0 radical (unpaired) electrons. The molecule has 2 amide bonds. The van der Waals surface area contributed by atoms with E-state index >= 15 is 0 Å². The molecule has 6 nitrogen and oxygen atoms in total. The molecule has 28 heavy (non-hydrogen) atoms. The Bertz CT molecular complexity index is 709. The number of fused-ring (bicyclic) bond motifs is 1. The van der Waals surface area contributed by atoms with Gasteiger partial charge < -0.3 is 9.47 Å². The zero-order valence-electron chi connectivity index (χ0n) is 16.7. The van der Waals surface area contributed by atoms with Crippen LogP contribution >= 0.6 is 0 Å². The molecular formula is C22H30N2O4. The number of piperidine rings is 1. The van der Waals surface area contributed by atoms with Gasteiger partial charge >= 0.3 is 0 Å². The van der Waals surface area contributed by atoms with Gasteiger partial charge in [0.1, 0.15) is 6.61 Å². The molecule has 3 aliphatic rings. The summed E-state index contributed by atoms with van der Waals surface area (Å²) >= 11 is 0. The Morgan fingerprint density at radius 2 is 1.75 bits per heavy atom. The maximum Gasteiger partial charge on any atom is 0.229 e. The number of nitrogens with zero attached hydrogens (tertiary/aromatic N) is 2. The molecular weight excluding hydrogens is 356 g/mol. The van der Waals surface area contributed by atoms with Crippen molar-refractivity contribution >= 4 is 11.8 Å². The lowest BCUT2D eigenvalue weighted by Crippen LogP contribution is -2.47. The number of hydrogen-bond acceptors (Lipinski definition) is 5. The van der Waals surface area contributed by atoms with Gasteiger partial charge in [-0.05, 0) is 50.3 Å². The number of amides is 2. The summed E-state index contributed by atoms with van der Waals surface area (Å²) in [6.07, 6.45) is 7.12. The Hall–Kier alpha value is -2.08. The Kier molecular flexibility index (Phi) is 5.58. The lowest BCUT2D eigenvalue weighted by atomic mass is 9.76. The maximum absolute atomic E-state index is 12.5. The molecule has 0 bridgehead atoms. The average Bonchev–Trinajstić information content (AvgIpc) is 3.13. The number of rotatable bonds is 6. The minimum absolute atomic E-state index is 0.0144. The molecule has 1 saturated heterocycles. The van der Waals surface area contributed by atoms with Crippen LogP contribution in [0.15, 0.2) is 24.3 Å². The third-order valence-corrected chi connectivity index (χ3v) is 6.45. The number of carbonyl (C=O) groups is 2. The van der Waals surface area contributed by atoms with E-state index in [-0.39, 0.29) is 23.5 Å². The number of imide groups is 1. The second kappa shape index (κ2) is 8.11. The van der Waals surface area contributed by atoms with Crippen molar-refractivity contribution in [3.05, 3.63) is 24.3 Å². The van der Waals surface area contributed by atoms with Crippen LogP contribution in [0.2, 0.25) is 0 Å². The highest BCUT2D eigenvalue weighted by molar-refractivity contribution is 5.98. The first-order chi connectivity index (χ1) is 13.6. The van der Waals surface area contributed by atoms with Crippen molar-refractivity contribution in [3.8, 4) is 11.5 Å². The molecule has 1 aromatic carbocycles. The summed E-state index contributed by atoms with van der Waals surface area (Å²) < 4.78 is 11.8. The molecule has 2 fully saturated rings. The fraction of sp³-hybridized carbons (Fsp3) is 0.636. The molecule has 0 N–H and O–H groups in total. The second-order valence-electron chi connectivity index (χ2n) is 8.52. The normalized spacial score (nSPS) is 23.6. The van der Waals surface area contributed by atoms with Crippen molar-refractivity contribution in [2.45, 2.75) is 57.6 Å².